The molecule has 2 aromatic rings. The van der Waals surface area contributed by atoms with Crippen molar-refractivity contribution >= 4 is 23.2 Å². The molecule has 2 N–H and O–H groups in total. The second kappa shape index (κ2) is 9.91. The largest absolute Gasteiger partial charge is 0.454 e. The molecule has 2 aliphatic rings. The minimum absolute atomic E-state index is 0.142. The molecule has 8 nitrogen and oxygen atoms in total. The van der Waals surface area contributed by atoms with E-state index in [-0.39, 0.29) is 24.5 Å². The number of fused-ring (bicyclic) bond motifs is 1. The third kappa shape index (κ3) is 5.31. The number of nitrogens with zero attached hydrogens (tertiary/aromatic N) is 1. The third-order valence-electron chi connectivity index (χ3n) is 5.47. The number of hydrogen-bond acceptors (Lipinski definition) is 6. The lowest BCUT2D eigenvalue weighted by atomic mass is 10.0. The quantitative estimate of drug-likeness (QED) is 0.689. The summed E-state index contributed by atoms with van der Waals surface area (Å²) in [5.74, 6) is 0.798. The van der Waals surface area contributed by atoms with Crippen molar-refractivity contribution in [1.29, 1.82) is 0 Å². The maximum Gasteiger partial charge on any atom is 0.252 e. The van der Waals surface area contributed by atoms with Gasteiger partial charge in [-0.1, -0.05) is 13.8 Å². The minimum Gasteiger partial charge on any atom is -0.454 e. The summed E-state index contributed by atoms with van der Waals surface area (Å²) in [7, 11) is 0. The highest BCUT2D eigenvalue weighted by atomic mass is 16.7. The van der Waals surface area contributed by atoms with Crippen LogP contribution in [-0.4, -0.2) is 51.0 Å². The molecular weight excluding hydrogens is 410 g/mol. The van der Waals surface area contributed by atoms with Gasteiger partial charge < -0.3 is 29.7 Å². The average molecular weight is 440 g/mol. The second-order valence-electron chi connectivity index (χ2n) is 8.36. The first-order chi connectivity index (χ1) is 15.5. The first-order valence-electron chi connectivity index (χ1n) is 10.9. The molecule has 2 aromatic carbocycles. The van der Waals surface area contributed by atoms with E-state index < -0.39 is 6.04 Å². The predicted octanol–water partition coefficient (Wildman–Crippen LogP) is 3.04. The van der Waals surface area contributed by atoms with Crippen LogP contribution in [0.4, 0.5) is 11.4 Å². The molecule has 0 bridgehead atoms. The molecular formula is C24H29N3O5. The molecule has 2 heterocycles. The normalized spacial score (nSPS) is 16.0. The van der Waals surface area contributed by atoms with Crippen LogP contribution in [0, 0.1) is 5.92 Å². The van der Waals surface area contributed by atoms with E-state index in [1.165, 1.54) is 0 Å². The first-order valence-corrected chi connectivity index (χ1v) is 10.9. The van der Waals surface area contributed by atoms with Crippen molar-refractivity contribution in [3.05, 3.63) is 48.0 Å². The Bertz CT molecular complexity index is 955. The molecule has 2 amide bonds. The number of nitrogens with one attached hydrogen (secondary N) is 2. The summed E-state index contributed by atoms with van der Waals surface area (Å²) in [6.07, 6.45) is 0.522. The van der Waals surface area contributed by atoms with Crippen molar-refractivity contribution in [1.82, 2.24) is 5.32 Å². The summed E-state index contributed by atoms with van der Waals surface area (Å²) in [5.41, 5.74) is 2.21. The zero-order valence-electron chi connectivity index (χ0n) is 18.4. The number of hydrogen-bond donors (Lipinski definition) is 2. The lowest BCUT2D eigenvalue weighted by molar-refractivity contribution is -0.118. The van der Waals surface area contributed by atoms with Gasteiger partial charge in [-0.15, -0.1) is 0 Å². The number of carbonyl (C=O) groups is 2. The molecule has 1 atom stereocenters. The fraction of sp³-hybridized carbons (Fsp3) is 0.417. The minimum atomic E-state index is -0.660. The lowest BCUT2D eigenvalue weighted by Crippen LogP contribution is -2.44. The van der Waals surface area contributed by atoms with Crippen molar-refractivity contribution in [3.63, 3.8) is 0 Å². The van der Waals surface area contributed by atoms with Crippen LogP contribution in [0.5, 0.6) is 11.5 Å². The summed E-state index contributed by atoms with van der Waals surface area (Å²) in [6.45, 7) is 7.33. The monoisotopic (exact) mass is 439 g/mol. The molecule has 1 saturated heterocycles. The molecule has 0 spiro atoms. The van der Waals surface area contributed by atoms with Gasteiger partial charge in [0.05, 0.1) is 13.2 Å². The summed E-state index contributed by atoms with van der Waals surface area (Å²) >= 11 is 0. The van der Waals surface area contributed by atoms with E-state index in [2.05, 4.69) is 15.5 Å². The van der Waals surface area contributed by atoms with Gasteiger partial charge >= 0.3 is 0 Å². The Morgan fingerprint density at radius 2 is 1.72 bits per heavy atom. The number of carbonyl (C=O) groups excluding carboxylic acids is 2. The number of ether oxygens (including phenoxy) is 3. The molecule has 170 valence electrons. The van der Waals surface area contributed by atoms with Crippen LogP contribution in [0.25, 0.3) is 0 Å². The van der Waals surface area contributed by atoms with Gasteiger partial charge in [-0.2, -0.15) is 0 Å². The number of amides is 2. The Balaban J connectivity index is 1.40. The Labute approximate surface area is 187 Å². The van der Waals surface area contributed by atoms with Crippen molar-refractivity contribution in [2.75, 3.05) is 43.3 Å². The molecule has 0 radical (unpaired) electrons. The molecule has 2 aliphatic heterocycles. The predicted molar refractivity (Wildman–Crippen MR) is 121 cm³/mol. The van der Waals surface area contributed by atoms with Gasteiger partial charge in [0.25, 0.3) is 5.91 Å². The van der Waals surface area contributed by atoms with Crippen LogP contribution >= 0.6 is 0 Å². The van der Waals surface area contributed by atoms with E-state index in [1.807, 2.05) is 38.1 Å². The summed E-state index contributed by atoms with van der Waals surface area (Å²) in [6, 6.07) is 12.1. The molecule has 0 saturated carbocycles. The topological polar surface area (TPSA) is 89.1 Å². The van der Waals surface area contributed by atoms with Gasteiger partial charge in [-0.05, 0) is 54.8 Å². The van der Waals surface area contributed by atoms with Crippen molar-refractivity contribution in [2.45, 2.75) is 26.3 Å². The van der Waals surface area contributed by atoms with E-state index in [4.69, 9.17) is 14.2 Å². The first kappa shape index (κ1) is 22.0. The Morgan fingerprint density at radius 1 is 1.00 bits per heavy atom. The standard InChI is InChI=1S/C24H29N3O5/c1-16(2)13-20(26-23(28)17-3-8-21-22(14-17)32-15-31-21)24(29)25-18-4-6-19(7-5-18)27-9-11-30-12-10-27/h3-8,14,16,20H,9-13,15H2,1-2H3,(H,25,29)(H,26,28)/t20-/m0/s1. The highest BCUT2D eigenvalue weighted by molar-refractivity contribution is 6.01. The average Bonchev–Trinajstić information content (AvgIpc) is 3.27. The van der Waals surface area contributed by atoms with Gasteiger partial charge in [0, 0.05) is 30.0 Å². The van der Waals surface area contributed by atoms with Gasteiger partial charge in [0.15, 0.2) is 11.5 Å². The fourth-order valence-electron chi connectivity index (χ4n) is 3.79. The molecule has 8 heteroatoms. The van der Waals surface area contributed by atoms with E-state index in [1.54, 1.807) is 18.2 Å². The van der Waals surface area contributed by atoms with E-state index in [0.29, 0.717) is 29.2 Å². The molecule has 0 aliphatic carbocycles. The summed E-state index contributed by atoms with van der Waals surface area (Å²) in [4.78, 5) is 28.1. The molecule has 0 unspecified atom stereocenters. The SMILES string of the molecule is CC(C)C[C@H](NC(=O)c1ccc2c(c1)OCO2)C(=O)Nc1ccc(N2CCOCC2)cc1. The van der Waals surface area contributed by atoms with Crippen molar-refractivity contribution in [3.8, 4) is 11.5 Å². The zero-order valence-corrected chi connectivity index (χ0v) is 18.4. The lowest BCUT2D eigenvalue weighted by Gasteiger charge is -2.29. The van der Waals surface area contributed by atoms with Crippen LogP contribution < -0.4 is 25.0 Å². The number of rotatable bonds is 7. The Kier molecular flexibility index (Phi) is 6.80. The Morgan fingerprint density at radius 3 is 2.44 bits per heavy atom. The van der Waals surface area contributed by atoms with Crippen molar-refractivity contribution < 1.29 is 23.8 Å². The Hall–Kier alpha value is -3.26. The number of anilines is 2. The molecule has 32 heavy (non-hydrogen) atoms. The van der Waals surface area contributed by atoms with Gasteiger partial charge in [0.2, 0.25) is 12.7 Å². The van der Waals surface area contributed by atoms with Gasteiger partial charge in [0.1, 0.15) is 6.04 Å². The van der Waals surface area contributed by atoms with Gasteiger partial charge in [-0.25, -0.2) is 0 Å². The molecule has 4 rings (SSSR count). The van der Waals surface area contributed by atoms with E-state index in [9.17, 15) is 9.59 Å². The summed E-state index contributed by atoms with van der Waals surface area (Å²) in [5, 5.41) is 5.80. The number of benzene rings is 2. The van der Waals surface area contributed by atoms with Gasteiger partial charge in [-0.3, -0.25) is 9.59 Å². The highest BCUT2D eigenvalue weighted by Gasteiger charge is 2.24. The zero-order chi connectivity index (χ0) is 22.5. The smallest absolute Gasteiger partial charge is 0.252 e. The summed E-state index contributed by atoms with van der Waals surface area (Å²) < 4.78 is 16.0. The van der Waals surface area contributed by atoms with Crippen LogP contribution in [-0.2, 0) is 9.53 Å². The van der Waals surface area contributed by atoms with Crippen LogP contribution in [0.3, 0.4) is 0 Å². The fourth-order valence-corrected chi connectivity index (χ4v) is 3.79. The third-order valence-corrected chi connectivity index (χ3v) is 5.47. The molecule has 1 fully saturated rings. The van der Waals surface area contributed by atoms with E-state index >= 15 is 0 Å². The highest BCUT2D eigenvalue weighted by Crippen LogP contribution is 2.32. The maximum absolute atomic E-state index is 13.0. The maximum atomic E-state index is 13.0. The molecule has 0 aromatic heterocycles. The second-order valence-corrected chi connectivity index (χ2v) is 8.36. The van der Waals surface area contributed by atoms with Crippen LogP contribution in [0.2, 0.25) is 0 Å². The van der Waals surface area contributed by atoms with E-state index in [0.717, 1.165) is 32.0 Å². The van der Waals surface area contributed by atoms with Crippen LogP contribution in [0.1, 0.15) is 30.6 Å². The van der Waals surface area contributed by atoms with Crippen LogP contribution in [0.15, 0.2) is 42.5 Å². The van der Waals surface area contributed by atoms with Crippen molar-refractivity contribution in [2.24, 2.45) is 5.92 Å². The number of morpholine rings is 1.